The smallest absolute Gasteiger partial charge is 0.0763 e. The van der Waals surface area contributed by atoms with Crippen LogP contribution in [0.5, 0.6) is 0 Å². The van der Waals surface area contributed by atoms with Gasteiger partial charge < -0.3 is 5.73 Å². The molecule has 74 valence electrons. The molecule has 0 aliphatic heterocycles. The Balaban J connectivity index is 2.15. The van der Waals surface area contributed by atoms with Crippen molar-refractivity contribution >= 4 is 27.3 Å². The summed E-state index contributed by atoms with van der Waals surface area (Å²) in [5, 5.41) is 6.38. The van der Waals surface area contributed by atoms with Gasteiger partial charge in [0.05, 0.1) is 12.2 Å². The summed E-state index contributed by atoms with van der Waals surface area (Å²) in [5.74, 6) is 0. The van der Waals surface area contributed by atoms with Crippen molar-refractivity contribution in [2.75, 3.05) is 0 Å². The molecule has 0 unspecified atom stereocenters. The minimum Gasteiger partial charge on any atom is -0.325 e. The van der Waals surface area contributed by atoms with E-state index in [0.29, 0.717) is 6.54 Å². The van der Waals surface area contributed by atoms with E-state index < -0.39 is 0 Å². The molecule has 0 fully saturated rings. The Bertz CT molecular complexity index is 421. The normalized spacial score (nSPS) is 10.7. The van der Waals surface area contributed by atoms with Gasteiger partial charge in [-0.3, -0.25) is 4.68 Å². The van der Waals surface area contributed by atoms with Crippen molar-refractivity contribution in [2.45, 2.75) is 13.1 Å². The summed E-state index contributed by atoms with van der Waals surface area (Å²) in [6.07, 6.45) is 1.95. The first-order valence-electron chi connectivity index (χ1n) is 4.24. The zero-order valence-corrected chi connectivity index (χ0v) is 9.88. The second-order valence-electron chi connectivity index (χ2n) is 2.90. The van der Waals surface area contributed by atoms with Crippen molar-refractivity contribution < 1.29 is 0 Å². The van der Waals surface area contributed by atoms with Crippen LogP contribution in [0.4, 0.5) is 0 Å². The Hall–Kier alpha value is -0.650. The molecule has 0 atom stereocenters. The first-order valence-corrected chi connectivity index (χ1v) is 5.91. The van der Waals surface area contributed by atoms with Crippen LogP contribution >= 0.6 is 27.3 Å². The molecular weight excluding hydrogens is 262 g/mol. The predicted octanol–water partition coefficient (Wildman–Crippen LogP) is 2.21. The second kappa shape index (κ2) is 4.25. The van der Waals surface area contributed by atoms with Gasteiger partial charge in [-0.15, -0.1) is 11.3 Å². The van der Waals surface area contributed by atoms with E-state index in [1.807, 2.05) is 23.0 Å². The maximum atomic E-state index is 5.48. The lowest BCUT2D eigenvalue weighted by Gasteiger charge is -1.99. The van der Waals surface area contributed by atoms with Crippen LogP contribution in [0.3, 0.4) is 0 Å². The highest BCUT2D eigenvalue weighted by Gasteiger charge is 2.03. The number of hydrogen-bond acceptors (Lipinski definition) is 3. The number of halogens is 1. The maximum Gasteiger partial charge on any atom is 0.0763 e. The number of nitrogens with two attached hydrogens (primary N) is 1. The third-order valence-corrected chi connectivity index (χ3v) is 3.81. The van der Waals surface area contributed by atoms with Crippen molar-refractivity contribution in [1.29, 1.82) is 0 Å². The van der Waals surface area contributed by atoms with Crippen molar-refractivity contribution in [1.82, 2.24) is 9.78 Å². The fourth-order valence-corrected chi connectivity index (χ4v) is 2.65. The predicted molar refractivity (Wildman–Crippen MR) is 61.2 cm³/mol. The fraction of sp³-hybridized carbons (Fsp3) is 0.222. The van der Waals surface area contributed by atoms with Crippen LogP contribution in [-0.4, -0.2) is 9.78 Å². The molecule has 0 spiro atoms. The van der Waals surface area contributed by atoms with Crippen molar-refractivity contribution in [2.24, 2.45) is 5.73 Å². The van der Waals surface area contributed by atoms with E-state index in [4.69, 9.17) is 5.73 Å². The summed E-state index contributed by atoms with van der Waals surface area (Å²) in [7, 11) is 0. The highest BCUT2D eigenvalue weighted by atomic mass is 79.9. The number of thiophene rings is 1. The average molecular weight is 272 g/mol. The topological polar surface area (TPSA) is 43.8 Å². The molecule has 0 saturated carbocycles. The molecule has 14 heavy (non-hydrogen) atoms. The van der Waals surface area contributed by atoms with Gasteiger partial charge in [-0.1, -0.05) is 0 Å². The van der Waals surface area contributed by atoms with E-state index in [1.54, 1.807) is 11.3 Å². The molecule has 0 aliphatic rings. The Labute approximate surface area is 94.7 Å². The van der Waals surface area contributed by atoms with Gasteiger partial charge in [-0.2, -0.15) is 5.10 Å². The lowest BCUT2D eigenvalue weighted by molar-refractivity contribution is 0.677. The first-order chi connectivity index (χ1) is 6.79. The van der Waals surface area contributed by atoms with Crippen LogP contribution in [0.1, 0.15) is 10.6 Å². The van der Waals surface area contributed by atoms with E-state index >= 15 is 0 Å². The van der Waals surface area contributed by atoms with E-state index in [2.05, 4.69) is 26.4 Å². The minimum absolute atomic E-state index is 0.499. The lowest BCUT2D eigenvalue weighted by atomic mass is 10.4. The molecule has 0 radical (unpaired) electrons. The summed E-state index contributed by atoms with van der Waals surface area (Å²) in [5.41, 5.74) is 6.41. The number of aromatic nitrogens is 2. The van der Waals surface area contributed by atoms with Gasteiger partial charge in [0.2, 0.25) is 0 Å². The van der Waals surface area contributed by atoms with Gasteiger partial charge in [0.25, 0.3) is 0 Å². The van der Waals surface area contributed by atoms with Crippen molar-refractivity contribution in [3.63, 3.8) is 0 Å². The molecule has 2 aromatic heterocycles. The van der Waals surface area contributed by atoms with Crippen LogP contribution in [0.15, 0.2) is 28.2 Å². The van der Waals surface area contributed by atoms with E-state index in [0.717, 1.165) is 16.7 Å². The third-order valence-electron chi connectivity index (χ3n) is 1.90. The van der Waals surface area contributed by atoms with Crippen molar-refractivity contribution in [3.8, 4) is 0 Å². The average Bonchev–Trinajstić information content (AvgIpc) is 2.77. The molecular formula is C9H10BrN3S. The molecule has 2 aromatic rings. The molecule has 0 saturated heterocycles. The third kappa shape index (κ3) is 2.05. The number of hydrogen-bond donors (Lipinski definition) is 1. The SMILES string of the molecule is NCc1ccn(Cc2sccc2Br)n1. The monoisotopic (exact) mass is 271 g/mol. The van der Waals surface area contributed by atoms with E-state index in [9.17, 15) is 0 Å². The zero-order chi connectivity index (χ0) is 9.97. The highest BCUT2D eigenvalue weighted by Crippen LogP contribution is 2.23. The maximum absolute atomic E-state index is 5.48. The van der Waals surface area contributed by atoms with Gasteiger partial charge in [0, 0.05) is 22.1 Å². The summed E-state index contributed by atoms with van der Waals surface area (Å²) < 4.78 is 3.05. The fourth-order valence-electron chi connectivity index (χ4n) is 1.19. The zero-order valence-electron chi connectivity index (χ0n) is 7.48. The Morgan fingerprint density at radius 2 is 2.36 bits per heavy atom. The van der Waals surface area contributed by atoms with Gasteiger partial charge in [0.1, 0.15) is 0 Å². The second-order valence-corrected chi connectivity index (χ2v) is 4.76. The summed E-state index contributed by atoms with van der Waals surface area (Å²) in [6, 6.07) is 3.99. The minimum atomic E-state index is 0.499. The lowest BCUT2D eigenvalue weighted by Crippen LogP contribution is -2.02. The summed E-state index contributed by atoms with van der Waals surface area (Å²) in [6.45, 7) is 1.30. The Morgan fingerprint density at radius 1 is 1.50 bits per heavy atom. The number of rotatable bonds is 3. The van der Waals surface area contributed by atoms with Gasteiger partial charge in [-0.25, -0.2) is 0 Å². The van der Waals surface area contributed by atoms with Crippen LogP contribution in [0.25, 0.3) is 0 Å². The van der Waals surface area contributed by atoms with E-state index in [1.165, 1.54) is 4.88 Å². The largest absolute Gasteiger partial charge is 0.325 e. The van der Waals surface area contributed by atoms with Crippen LogP contribution in [-0.2, 0) is 13.1 Å². The van der Waals surface area contributed by atoms with Gasteiger partial charge >= 0.3 is 0 Å². The molecule has 3 nitrogen and oxygen atoms in total. The van der Waals surface area contributed by atoms with Crippen LogP contribution in [0.2, 0.25) is 0 Å². The van der Waals surface area contributed by atoms with Gasteiger partial charge in [-0.05, 0) is 33.4 Å². The van der Waals surface area contributed by atoms with Crippen LogP contribution < -0.4 is 5.73 Å². The molecule has 2 rings (SSSR count). The van der Waals surface area contributed by atoms with Gasteiger partial charge in [0.15, 0.2) is 0 Å². The molecule has 0 aromatic carbocycles. The molecule has 2 N–H and O–H groups in total. The quantitative estimate of drug-likeness (QED) is 0.931. The summed E-state index contributed by atoms with van der Waals surface area (Å²) >= 11 is 5.21. The number of nitrogens with zero attached hydrogens (tertiary/aromatic N) is 2. The molecule has 5 heteroatoms. The highest BCUT2D eigenvalue weighted by molar-refractivity contribution is 9.10. The molecule has 0 amide bonds. The Kier molecular flexibility index (Phi) is 3.00. The molecule has 2 heterocycles. The first kappa shape index (κ1) is 9.89. The summed E-state index contributed by atoms with van der Waals surface area (Å²) in [4.78, 5) is 1.27. The van der Waals surface area contributed by atoms with Crippen molar-refractivity contribution in [3.05, 3.63) is 38.8 Å². The van der Waals surface area contributed by atoms with Crippen LogP contribution in [0, 0.1) is 0 Å². The molecule has 0 bridgehead atoms. The van der Waals surface area contributed by atoms with E-state index in [-0.39, 0.29) is 0 Å². The molecule has 0 aliphatic carbocycles. The Morgan fingerprint density at radius 3 is 2.93 bits per heavy atom. The standard InChI is InChI=1S/C9H10BrN3S/c10-8-2-4-14-9(8)6-13-3-1-7(5-11)12-13/h1-4H,5-6,11H2.